The molecule has 0 bridgehead atoms. The number of benzene rings is 2. The number of nitrogens with one attached hydrogen (secondary N) is 2. The Morgan fingerprint density at radius 1 is 1.29 bits per heavy atom. The van der Waals surface area contributed by atoms with Crippen LogP contribution in [0.3, 0.4) is 0 Å². The van der Waals surface area contributed by atoms with Gasteiger partial charge in [0.25, 0.3) is 11.8 Å². The quantitative estimate of drug-likeness (QED) is 0.412. The normalized spacial score (nSPS) is 20.1. The van der Waals surface area contributed by atoms with Crippen molar-refractivity contribution < 1.29 is 33.0 Å². The van der Waals surface area contributed by atoms with E-state index in [0.717, 1.165) is 31.1 Å². The molecule has 3 heterocycles. The molecule has 3 aromatic rings. The molecule has 38 heavy (non-hydrogen) atoms. The number of aliphatic carboxylic acids is 1. The molecule has 0 radical (unpaired) electrons. The van der Waals surface area contributed by atoms with Crippen LogP contribution in [0.2, 0.25) is 5.02 Å². The maximum Gasteiger partial charge on any atom is 0.341 e. The molecule has 1 saturated heterocycles. The molecule has 0 aliphatic carbocycles. The van der Waals surface area contributed by atoms with Crippen molar-refractivity contribution in [3.63, 3.8) is 0 Å². The topological polar surface area (TPSA) is 110 Å². The first-order valence-corrected chi connectivity index (χ1v) is 12.4. The molecule has 1 unspecified atom stereocenters. The average Bonchev–Trinajstić information content (AvgIpc) is 3.58. The largest absolute Gasteiger partial charge is 0.480 e. The fourth-order valence-corrected chi connectivity index (χ4v) is 5.54. The second-order valence-electron chi connectivity index (χ2n) is 9.13. The second-order valence-corrected chi connectivity index (χ2v) is 9.51. The lowest BCUT2D eigenvalue weighted by Crippen LogP contribution is -2.48. The molecule has 1 amide bonds. The van der Waals surface area contributed by atoms with E-state index < -0.39 is 46.6 Å². The molecular formula is C27H24ClF2N3O5. The van der Waals surface area contributed by atoms with E-state index >= 15 is 8.78 Å². The molecule has 2 aliphatic rings. The lowest BCUT2D eigenvalue weighted by molar-refractivity contribution is -0.139. The summed E-state index contributed by atoms with van der Waals surface area (Å²) in [5.74, 6) is -4.54. The Morgan fingerprint density at radius 2 is 2.05 bits per heavy atom. The van der Waals surface area contributed by atoms with E-state index in [2.05, 4.69) is 15.6 Å². The molecule has 198 valence electrons. The summed E-state index contributed by atoms with van der Waals surface area (Å²) in [6, 6.07) is 10.5. The van der Waals surface area contributed by atoms with Gasteiger partial charge in [-0.1, -0.05) is 41.9 Å². The van der Waals surface area contributed by atoms with Crippen LogP contribution in [0, 0.1) is 11.6 Å². The van der Waals surface area contributed by atoms with E-state index in [-0.39, 0.29) is 34.9 Å². The number of amides is 1. The second kappa shape index (κ2) is 10.2. The summed E-state index contributed by atoms with van der Waals surface area (Å²) in [5, 5.41) is 14.5. The SMILES string of the molecule is CNC(=O)c1cnc(OCC(=O)O)c(F)c1-c1c(Cl)c(F)cc2c1C[C@](c1ccccc1)(C1CCCN1)O2. The highest BCUT2D eigenvalue weighted by Crippen LogP contribution is 2.52. The van der Waals surface area contributed by atoms with E-state index in [1.54, 1.807) is 0 Å². The number of carboxylic acids is 1. The lowest BCUT2D eigenvalue weighted by Gasteiger charge is -2.35. The van der Waals surface area contributed by atoms with Crippen LogP contribution in [0.4, 0.5) is 8.78 Å². The van der Waals surface area contributed by atoms with E-state index in [0.29, 0.717) is 5.56 Å². The molecule has 5 rings (SSSR count). The molecule has 3 N–H and O–H groups in total. The molecule has 2 atom stereocenters. The number of carbonyl (C=O) groups is 2. The fourth-order valence-electron chi connectivity index (χ4n) is 5.27. The number of carboxylic acid groups (broad SMARTS) is 1. The summed E-state index contributed by atoms with van der Waals surface area (Å²) in [5.41, 5.74) is -0.327. The zero-order valence-corrected chi connectivity index (χ0v) is 21.1. The van der Waals surface area contributed by atoms with Gasteiger partial charge in [0.05, 0.1) is 16.6 Å². The first-order valence-electron chi connectivity index (χ1n) is 12.0. The third kappa shape index (κ3) is 4.33. The highest BCUT2D eigenvalue weighted by molar-refractivity contribution is 6.34. The van der Waals surface area contributed by atoms with Gasteiger partial charge in [0.15, 0.2) is 18.0 Å². The van der Waals surface area contributed by atoms with Crippen LogP contribution in [0.15, 0.2) is 42.6 Å². The summed E-state index contributed by atoms with van der Waals surface area (Å²) in [7, 11) is 1.35. The maximum atomic E-state index is 16.0. The summed E-state index contributed by atoms with van der Waals surface area (Å²) in [4.78, 5) is 27.6. The van der Waals surface area contributed by atoms with Crippen LogP contribution < -0.4 is 20.1 Å². The van der Waals surface area contributed by atoms with Gasteiger partial charge in [-0.2, -0.15) is 0 Å². The zero-order chi connectivity index (χ0) is 27.0. The lowest BCUT2D eigenvalue weighted by atomic mass is 9.80. The number of halogens is 3. The molecule has 11 heteroatoms. The van der Waals surface area contributed by atoms with Crippen LogP contribution in [0.1, 0.15) is 34.3 Å². The van der Waals surface area contributed by atoms with Crippen molar-refractivity contribution in [3.8, 4) is 22.8 Å². The van der Waals surface area contributed by atoms with Crippen molar-refractivity contribution in [2.24, 2.45) is 0 Å². The standard InChI is InChI=1S/C27H24ClF2N3O5/c1-31-25(36)16-12-33-26(37-13-20(34)35)24(30)22(16)21-15-11-27(19-8-5-9-32-19,14-6-3-2-4-7-14)38-18(15)10-17(29)23(21)28/h2-4,6-7,10,12,19,32H,5,8-9,11,13H2,1H3,(H,31,36)(H,34,35)/t19?,27-/m0/s1. The number of ether oxygens (including phenoxy) is 2. The Labute approximate surface area is 221 Å². The highest BCUT2D eigenvalue weighted by atomic mass is 35.5. The smallest absolute Gasteiger partial charge is 0.341 e. The minimum atomic E-state index is -1.35. The molecule has 2 aromatic carbocycles. The number of carbonyl (C=O) groups excluding carboxylic acids is 1. The minimum absolute atomic E-state index is 0.0730. The number of rotatable bonds is 7. The zero-order valence-electron chi connectivity index (χ0n) is 20.3. The van der Waals surface area contributed by atoms with Crippen LogP contribution in [0.5, 0.6) is 11.6 Å². The fraction of sp³-hybridized carbons (Fsp3) is 0.296. The predicted octanol–water partition coefficient (Wildman–Crippen LogP) is 4.09. The minimum Gasteiger partial charge on any atom is -0.480 e. The Balaban J connectivity index is 1.74. The van der Waals surface area contributed by atoms with Gasteiger partial charge in [-0.3, -0.25) is 4.79 Å². The van der Waals surface area contributed by atoms with Gasteiger partial charge < -0.3 is 25.2 Å². The van der Waals surface area contributed by atoms with Gasteiger partial charge in [0, 0.05) is 42.4 Å². The van der Waals surface area contributed by atoms with Gasteiger partial charge >= 0.3 is 5.97 Å². The van der Waals surface area contributed by atoms with Crippen molar-refractivity contribution in [2.45, 2.75) is 30.9 Å². The van der Waals surface area contributed by atoms with Crippen molar-refractivity contribution in [1.82, 2.24) is 15.6 Å². The van der Waals surface area contributed by atoms with Crippen LogP contribution in [-0.2, 0) is 16.8 Å². The van der Waals surface area contributed by atoms with Gasteiger partial charge in [-0.15, -0.1) is 0 Å². The third-order valence-corrected chi connectivity index (χ3v) is 7.31. The number of hydrogen-bond donors (Lipinski definition) is 3. The van der Waals surface area contributed by atoms with E-state index in [9.17, 15) is 9.59 Å². The number of fused-ring (bicyclic) bond motifs is 1. The van der Waals surface area contributed by atoms with Crippen molar-refractivity contribution in [3.05, 3.63) is 75.9 Å². The van der Waals surface area contributed by atoms with Crippen molar-refractivity contribution in [2.75, 3.05) is 20.2 Å². The Kier molecular flexibility index (Phi) is 6.93. The van der Waals surface area contributed by atoms with Crippen molar-refractivity contribution in [1.29, 1.82) is 0 Å². The van der Waals surface area contributed by atoms with Crippen LogP contribution >= 0.6 is 11.6 Å². The van der Waals surface area contributed by atoms with E-state index in [1.165, 1.54) is 13.1 Å². The number of nitrogens with zero attached hydrogens (tertiary/aromatic N) is 1. The van der Waals surface area contributed by atoms with E-state index in [1.807, 2.05) is 30.3 Å². The monoisotopic (exact) mass is 543 g/mol. The first kappa shape index (κ1) is 25.9. The van der Waals surface area contributed by atoms with Crippen molar-refractivity contribution >= 4 is 23.5 Å². The highest BCUT2D eigenvalue weighted by Gasteiger charge is 2.50. The summed E-state index contributed by atoms with van der Waals surface area (Å²) in [6.45, 7) is -0.0870. The van der Waals surface area contributed by atoms with Gasteiger partial charge in [-0.25, -0.2) is 18.6 Å². The summed E-state index contributed by atoms with van der Waals surface area (Å²) >= 11 is 6.48. The first-order chi connectivity index (χ1) is 18.3. The van der Waals surface area contributed by atoms with Gasteiger partial charge in [0.2, 0.25) is 0 Å². The van der Waals surface area contributed by atoms with Crippen LogP contribution in [0.25, 0.3) is 11.1 Å². The molecular weight excluding hydrogens is 520 g/mol. The molecule has 2 aliphatic heterocycles. The molecule has 8 nitrogen and oxygen atoms in total. The number of hydrogen-bond acceptors (Lipinski definition) is 6. The van der Waals surface area contributed by atoms with E-state index in [4.69, 9.17) is 26.2 Å². The number of pyridine rings is 1. The number of aromatic nitrogens is 1. The molecule has 0 saturated carbocycles. The van der Waals surface area contributed by atoms with Gasteiger partial charge in [-0.05, 0) is 24.9 Å². The van der Waals surface area contributed by atoms with Crippen LogP contribution in [-0.4, -0.2) is 48.2 Å². The Hall–Kier alpha value is -3.76. The summed E-state index contributed by atoms with van der Waals surface area (Å²) < 4.78 is 42.8. The Bertz CT molecular complexity index is 1420. The maximum absolute atomic E-state index is 16.0. The molecule has 1 aromatic heterocycles. The molecule has 1 fully saturated rings. The average molecular weight is 544 g/mol. The third-order valence-electron chi connectivity index (χ3n) is 6.94. The molecule has 0 spiro atoms. The Morgan fingerprint density at radius 3 is 2.71 bits per heavy atom. The van der Waals surface area contributed by atoms with Gasteiger partial charge in [0.1, 0.15) is 11.6 Å². The predicted molar refractivity (Wildman–Crippen MR) is 135 cm³/mol. The summed E-state index contributed by atoms with van der Waals surface area (Å²) in [6.07, 6.45) is 2.97.